The topological polar surface area (TPSA) is 29.5 Å². The summed E-state index contributed by atoms with van der Waals surface area (Å²) in [6, 6.07) is 19.1. The van der Waals surface area contributed by atoms with E-state index in [2.05, 4.69) is 54.6 Å². The van der Waals surface area contributed by atoms with Gasteiger partial charge < -0.3 is 9.53 Å². The minimum absolute atomic E-state index is 0.512. The predicted octanol–water partition coefficient (Wildman–Crippen LogP) is 4.54. The number of hydrogen-bond acceptors (Lipinski definition) is 3. The van der Waals surface area contributed by atoms with Crippen molar-refractivity contribution in [1.82, 2.24) is 4.90 Å². The minimum atomic E-state index is 0.512. The van der Waals surface area contributed by atoms with Gasteiger partial charge in [0.1, 0.15) is 12.0 Å². The summed E-state index contributed by atoms with van der Waals surface area (Å²) < 4.78 is 5.84. The van der Waals surface area contributed by atoms with Gasteiger partial charge in [-0.05, 0) is 75.4 Å². The van der Waals surface area contributed by atoms with Crippen LogP contribution in [-0.2, 0) is 17.6 Å². The second-order valence-electron chi connectivity index (χ2n) is 6.82. The molecule has 3 nitrogen and oxygen atoms in total. The summed E-state index contributed by atoms with van der Waals surface area (Å²) in [5.41, 5.74) is 2.74. The van der Waals surface area contributed by atoms with E-state index in [0.29, 0.717) is 6.54 Å². The van der Waals surface area contributed by atoms with Crippen LogP contribution in [0.2, 0.25) is 0 Å². The lowest BCUT2D eigenvalue weighted by atomic mass is 10.1. The van der Waals surface area contributed by atoms with Gasteiger partial charge in [-0.15, -0.1) is 0 Å². The zero-order chi connectivity index (χ0) is 18.5. The van der Waals surface area contributed by atoms with Crippen LogP contribution in [0.4, 0.5) is 0 Å². The van der Waals surface area contributed by atoms with Crippen LogP contribution in [-0.4, -0.2) is 37.9 Å². The molecule has 0 amide bonds. The Morgan fingerprint density at radius 3 is 2.27 bits per heavy atom. The van der Waals surface area contributed by atoms with Gasteiger partial charge in [0.05, 0.1) is 13.2 Å². The van der Waals surface area contributed by atoms with Crippen molar-refractivity contribution < 1.29 is 9.53 Å². The molecule has 26 heavy (non-hydrogen) atoms. The molecule has 2 rings (SSSR count). The van der Waals surface area contributed by atoms with E-state index in [-0.39, 0.29) is 0 Å². The average molecular weight is 354 g/mol. The Labute approximate surface area is 158 Å². The summed E-state index contributed by atoms with van der Waals surface area (Å²) in [7, 11) is 1.98. The monoisotopic (exact) mass is 353 g/mol. The number of likely N-dealkylation sites (N-methyl/N-ethyl adjacent to an activating group) is 1. The lowest BCUT2D eigenvalue weighted by molar-refractivity contribution is -0.108. The summed E-state index contributed by atoms with van der Waals surface area (Å²) in [5, 5.41) is 0. The van der Waals surface area contributed by atoms with Crippen molar-refractivity contribution in [3.63, 3.8) is 0 Å². The van der Waals surface area contributed by atoms with E-state index in [1.54, 1.807) is 0 Å². The maximum absolute atomic E-state index is 10.4. The highest BCUT2D eigenvalue weighted by Gasteiger charge is 2.00. The molecule has 0 atom stereocenters. The van der Waals surface area contributed by atoms with Crippen LogP contribution < -0.4 is 4.74 Å². The molecule has 3 heteroatoms. The summed E-state index contributed by atoms with van der Waals surface area (Å²) in [6.45, 7) is 2.24. The molecule has 0 aliphatic carbocycles. The normalized spacial score (nSPS) is 10.8. The van der Waals surface area contributed by atoms with Gasteiger partial charge in [-0.25, -0.2) is 0 Å². The zero-order valence-corrected chi connectivity index (χ0v) is 15.9. The Balaban J connectivity index is 1.55. The lowest BCUT2D eigenvalue weighted by Crippen LogP contribution is -2.22. The Morgan fingerprint density at radius 1 is 0.846 bits per heavy atom. The van der Waals surface area contributed by atoms with Crippen LogP contribution in [0, 0.1) is 0 Å². The highest BCUT2D eigenvalue weighted by atomic mass is 16.5. The van der Waals surface area contributed by atoms with Gasteiger partial charge in [0.2, 0.25) is 0 Å². The first-order chi connectivity index (χ1) is 12.8. The third kappa shape index (κ3) is 8.30. The summed E-state index contributed by atoms with van der Waals surface area (Å²) >= 11 is 0. The smallest absolute Gasteiger partial charge is 0.133 e. The van der Waals surface area contributed by atoms with Gasteiger partial charge in [0.25, 0.3) is 0 Å². The third-order valence-corrected chi connectivity index (χ3v) is 4.54. The molecule has 0 saturated heterocycles. The summed E-state index contributed by atoms with van der Waals surface area (Å²) in [6.07, 6.45) is 7.70. The number of unbranched alkanes of at least 4 members (excludes halogenated alkanes) is 2. The number of benzene rings is 2. The highest BCUT2D eigenvalue weighted by Crippen LogP contribution is 2.14. The number of ether oxygens (including phenoxy) is 1. The zero-order valence-electron chi connectivity index (χ0n) is 15.9. The fourth-order valence-electron chi connectivity index (χ4n) is 2.97. The van der Waals surface area contributed by atoms with E-state index in [1.165, 1.54) is 24.0 Å². The van der Waals surface area contributed by atoms with E-state index in [9.17, 15) is 4.79 Å². The number of nitrogens with zero attached hydrogens (tertiary/aromatic N) is 1. The third-order valence-electron chi connectivity index (χ3n) is 4.54. The second kappa shape index (κ2) is 12.3. The molecule has 2 aromatic carbocycles. The molecule has 0 fully saturated rings. The van der Waals surface area contributed by atoms with Crippen molar-refractivity contribution in [3.05, 3.63) is 65.7 Å². The summed E-state index contributed by atoms with van der Waals surface area (Å²) in [4.78, 5) is 12.5. The molecule has 0 radical (unpaired) electrons. The predicted molar refractivity (Wildman–Crippen MR) is 108 cm³/mol. The number of carbonyl (C=O) groups is 1. The van der Waals surface area contributed by atoms with E-state index in [1.807, 2.05) is 11.9 Å². The van der Waals surface area contributed by atoms with E-state index < -0.39 is 0 Å². The lowest BCUT2D eigenvalue weighted by Gasteiger charge is -2.12. The van der Waals surface area contributed by atoms with Gasteiger partial charge in [0, 0.05) is 0 Å². The van der Waals surface area contributed by atoms with Crippen LogP contribution in [0.25, 0.3) is 0 Å². The number of carbonyl (C=O) groups excluding carboxylic acids is 1. The fourth-order valence-corrected chi connectivity index (χ4v) is 2.97. The van der Waals surface area contributed by atoms with E-state index in [4.69, 9.17) is 4.74 Å². The molecule has 0 N–H and O–H groups in total. The maximum atomic E-state index is 10.4. The minimum Gasteiger partial charge on any atom is -0.494 e. The first-order valence-corrected chi connectivity index (χ1v) is 9.66. The first kappa shape index (κ1) is 20.2. The van der Waals surface area contributed by atoms with Crippen LogP contribution in [0.15, 0.2) is 54.6 Å². The van der Waals surface area contributed by atoms with Gasteiger partial charge in [0.15, 0.2) is 0 Å². The van der Waals surface area contributed by atoms with Crippen molar-refractivity contribution in [2.75, 3.05) is 26.7 Å². The molecule has 140 valence electrons. The molecule has 0 saturated carbocycles. The molecule has 0 aliphatic rings. The Kier molecular flexibility index (Phi) is 9.52. The van der Waals surface area contributed by atoms with E-state index >= 15 is 0 Å². The van der Waals surface area contributed by atoms with Crippen molar-refractivity contribution in [3.8, 4) is 5.75 Å². The molecule has 0 aliphatic heterocycles. The van der Waals surface area contributed by atoms with E-state index in [0.717, 1.165) is 50.9 Å². The van der Waals surface area contributed by atoms with Gasteiger partial charge in [-0.2, -0.15) is 0 Å². The Bertz CT molecular complexity index is 610. The standard InChI is InChI=1S/C23H31NO2/c1-24(18-19-25)17-8-12-22-13-15-23(16-14-22)26-20-7-3-6-11-21-9-4-2-5-10-21/h2,4-5,9-10,13-16,19H,3,6-8,11-12,17-18,20H2,1H3. The number of aryl methyl sites for hydroxylation is 2. The Morgan fingerprint density at radius 2 is 1.54 bits per heavy atom. The quantitative estimate of drug-likeness (QED) is 0.391. The first-order valence-electron chi connectivity index (χ1n) is 9.66. The average Bonchev–Trinajstić information content (AvgIpc) is 2.67. The maximum Gasteiger partial charge on any atom is 0.133 e. The van der Waals surface area contributed by atoms with Crippen molar-refractivity contribution >= 4 is 6.29 Å². The number of hydrogen-bond donors (Lipinski definition) is 0. The van der Waals surface area contributed by atoms with Crippen LogP contribution in [0.5, 0.6) is 5.75 Å². The Hall–Kier alpha value is -2.13. The molecule has 0 spiro atoms. The fraction of sp³-hybridized carbons (Fsp3) is 0.435. The molecular formula is C23H31NO2. The van der Waals surface area contributed by atoms with Crippen LogP contribution >= 0.6 is 0 Å². The molecular weight excluding hydrogens is 322 g/mol. The second-order valence-corrected chi connectivity index (χ2v) is 6.82. The SMILES string of the molecule is CN(CC=O)CCCc1ccc(OCCCCCc2ccccc2)cc1. The molecule has 2 aromatic rings. The van der Waals surface area contributed by atoms with Crippen LogP contribution in [0.3, 0.4) is 0 Å². The van der Waals surface area contributed by atoms with Crippen LogP contribution in [0.1, 0.15) is 36.8 Å². The molecule has 0 unspecified atom stereocenters. The summed E-state index contributed by atoms with van der Waals surface area (Å²) in [5.74, 6) is 0.954. The van der Waals surface area contributed by atoms with Crippen molar-refractivity contribution in [2.45, 2.75) is 38.5 Å². The highest BCUT2D eigenvalue weighted by molar-refractivity contribution is 5.51. The number of aldehydes is 1. The largest absolute Gasteiger partial charge is 0.494 e. The number of rotatable bonds is 13. The van der Waals surface area contributed by atoms with Gasteiger partial charge in [-0.3, -0.25) is 4.90 Å². The molecule has 0 bridgehead atoms. The van der Waals surface area contributed by atoms with Gasteiger partial charge >= 0.3 is 0 Å². The molecule has 0 aromatic heterocycles. The molecule has 0 heterocycles. The van der Waals surface area contributed by atoms with Crippen molar-refractivity contribution in [1.29, 1.82) is 0 Å². The van der Waals surface area contributed by atoms with Gasteiger partial charge in [-0.1, -0.05) is 42.5 Å². The van der Waals surface area contributed by atoms with Crippen molar-refractivity contribution in [2.24, 2.45) is 0 Å².